The summed E-state index contributed by atoms with van der Waals surface area (Å²) in [7, 11) is 1.59. The van der Waals surface area contributed by atoms with Crippen molar-refractivity contribution in [2.75, 3.05) is 17.7 Å². The number of carbonyl (C=O) groups is 2. The summed E-state index contributed by atoms with van der Waals surface area (Å²) in [4.78, 5) is 24.8. The number of anilines is 2. The molecule has 0 saturated heterocycles. The molecule has 142 valence electrons. The summed E-state index contributed by atoms with van der Waals surface area (Å²) < 4.78 is 19.7. The molecule has 0 fully saturated rings. The fourth-order valence-electron chi connectivity index (χ4n) is 3.05. The van der Waals surface area contributed by atoms with Crippen molar-refractivity contribution in [3.05, 3.63) is 60.4 Å². The third kappa shape index (κ3) is 3.44. The number of hydrogen-bond donors (Lipinski definition) is 2. The maximum Gasteiger partial charge on any atom is 0.249 e. The first-order valence-corrected chi connectivity index (χ1v) is 8.64. The molecule has 3 aromatic rings. The van der Waals surface area contributed by atoms with E-state index in [1.54, 1.807) is 13.2 Å². The van der Waals surface area contributed by atoms with Crippen LogP contribution in [0.2, 0.25) is 0 Å². The van der Waals surface area contributed by atoms with Crippen LogP contribution in [0.25, 0.3) is 11.3 Å². The minimum Gasteiger partial charge on any atom is -0.497 e. The van der Waals surface area contributed by atoms with Gasteiger partial charge >= 0.3 is 0 Å². The standard InChI is InChI=1S/C20H17FN4O3/c1-28-15-8-2-12(3-9-15)16-10-18-23-19(26)11-17(25(18)24-16)20(27)22-14-6-4-13(21)5-7-14/h2-10,17H,11H2,1H3,(H,22,27)(H,23,26). The zero-order valence-electron chi connectivity index (χ0n) is 15.0. The van der Waals surface area contributed by atoms with E-state index in [1.165, 1.54) is 28.9 Å². The molecule has 2 amide bonds. The van der Waals surface area contributed by atoms with Gasteiger partial charge < -0.3 is 15.4 Å². The molecule has 1 aliphatic rings. The topological polar surface area (TPSA) is 85.2 Å². The molecule has 8 heteroatoms. The van der Waals surface area contributed by atoms with Gasteiger partial charge in [-0.2, -0.15) is 5.10 Å². The Morgan fingerprint density at radius 1 is 1.21 bits per heavy atom. The molecule has 0 saturated carbocycles. The largest absolute Gasteiger partial charge is 0.497 e. The molecular formula is C20H17FN4O3. The Hall–Kier alpha value is -3.68. The highest BCUT2D eigenvalue weighted by molar-refractivity contribution is 6.01. The van der Waals surface area contributed by atoms with E-state index in [2.05, 4.69) is 15.7 Å². The first-order chi connectivity index (χ1) is 13.5. The Kier molecular flexibility index (Phi) is 4.52. The van der Waals surface area contributed by atoms with Crippen LogP contribution in [0.5, 0.6) is 5.75 Å². The van der Waals surface area contributed by atoms with E-state index in [-0.39, 0.29) is 12.3 Å². The van der Waals surface area contributed by atoms with E-state index in [0.29, 0.717) is 17.2 Å². The van der Waals surface area contributed by atoms with E-state index in [0.717, 1.165) is 11.3 Å². The number of hydrogen-bond acceptors (Lipinski definition) is 4. The fourth-order valence-corrected chi connectivity index (χ4v) is 3.05. The van der Waals surface area contributed by atoms with Crippen molar-refractivity contribution < 1.29 is 18.7 Å². The van der Waals surface area contributed by atoms with Gasteiger partial charge in [-0.3, -0.25) is 9.59 Å². The third-order valence-electron chi connectivity index (χ3n) is 4.48. The van der Waals surface area contributed by atoms with Gasteiger partial charge in [0.2, 0.25) is 11.8 Å². The van der Waals surface area contributed by atoms with Gasteiger partial charge in [-0.15, -0.1) is 0 Å². The molecule has 7 nitrogen and oxygen atoms in total. The van der Waals surface area contributed by atoms with Crippen LogP contribution in [0.4, 0.5) is 15.9 Å². The van der Waals surface area contributed by atoms with Crippen LogP contribution in [0.1, 0.15) is 12.5 Å². The molecule has 2 aromatic carbocycles. The Morgan fingerprint density at radius 3 is 2.61 bits per heavy atom. The van der Waals surface area contributed by atoms with Crippen LogP contribution < -0.4 is 15.4 Å². The van der Waals surface area contributed by atoms with Crippen LogP contribution in [0, 0.1) is 5.82 Å². The highest BCUT2D eigenvalue weighted by Gasteiger charge is 2.32. The fraction of sp³-hybridized carbons (Fsp3) is 0.150. The molecule has 0 bridgehead atoms. The van der Waals surface area contributed by atoms with E-state index < -0.39 is 17.8 Å². The van der Waals surface area contributed by atoms with Crippen LogP contribution >= 0.6 is 0 Å². The molecule has 1 aromatic heterocycles. The van der Waals surface area contributed by atoms with Gasteiger partial charge in [-0.25, -0.2) is 9.07 Å². The van der Waals surface area contributed by atoms with Crippen molar-refractivity contribution in [1.82, 2.24) is 9.78 Å². The van der Waals surface area contributed by atoms with Gasteiger partial charge in [0.1, 0.15) is 23.4 Å². The number of aromatic nitrogens is 2. The number of benzene rings is 2. The number of carbonyl (C=O) groups excluding carboxylic acids is 2. The summed E-state index contributed by atoms with van der Waals surface area (Å²) in [5, 5.41) is 9.95. The molecule has 1 aliphatic heterocycles. The maximum absolute atomic E-state index is 13.1. The molecule has 4 rings (SSSR count). The van der Waals surface area contributed by atoms with Crippen molar-refractivity contribution in [3.63, 3.8) is 0 Å². The number of ether oxygens (including phenoxy) is 1. The van der Waals surface area contributed by atoms with E-state index in [9.17, 15) is 14.0 Å². The van der Waals surface area contributed by atoms with Gasteiger partial charge in [-0.1, -0.05) is 0 Å². The highest BCUT2D eigenvalue weighted by atomic mass is 19.1. The van der Waals surface area contributed by atoms with Crippen LogP contribution in [0.15, 0.2) is 54.6 Å². The SMILES string of the molecule is COc1ccc(-c2cc3n(n2)C(C(=O)Nc2ccc(F)cc2)CC(=O)N3)cc1. The lowest BCUT2D eigenvalue weighted by molar-refractivity contribution is -0.125. The summed E-state index contributed by atoms with van der Waals surface area (Å²) in [6.45, 7) is 0. The molecule has 0 spiro atoms. The Balaban J connectivity index is 1.62. The number of nitrogens with one attached hydrogen (secondary N) is 2. The Bertz CT molecular complexity index is 1030. The quantitative estimate of drug-likeness (QED) is 0.728. The number of fused-ring (bicyclic) bond motifs is 1. The molecule has 1 atom stereocenters. The molecule has 2 N–H and O–H groups in total. The molecule has 0 aliphatic carbocycles. The zero-order chi connectivity index (χ0) is 19.7. The summed E-state index contributed by atoms with van der Waals surface area (Å²) in [5.74, 6) is 0.104. The average Bonchev–Trinajstić information content (AvgIpc) is 3.13. The van der Waals surface area contributed by atoms with E-state index >= 15 is 0 Å². The summed E-state index contributed by atoms with van der Waals surface area (Å²) in [5.41, 5.74) is 1.90. The van der Waals surface area contributed by atoms with Gasteiger partial charge in [-0.05, 0) is 48.5 Å². The minimum atomic E-state index is -0.805. The second-order valence-electron chi connectivity index (χ2n) is 6.35. The first kappa shape index (κ1) is 17.7. The lowest BCUT2D eigenvalue weighted by atomic mass is 10.1. The van der Waals surface area contributed by atoms with Crippen LogP contribution in [-0.2, 0) is 9.59 Å². The average molecular weight is 380 g/mol. The van der Waals surface area contributed by atoms with Crippen LogP contribution in [0.3, 0.4) is 0 Å². The third-order valence-corrected chi connectivity index (χ3v) is 4.48. The number of halogens is 1. The van der Waals surface area contributed by atoms with Crippen molar-refractivity contribution >= 4 is 23.3 Å². The summed E-state index contributed by atoms with van der Waals surface area (Å²) in [6, 6.07) is 13.7. The van der Waals surface area contributed by atoms with Gasteiger partial charge in [0.05, 0.1) is 19.2 Å². The predicted octanol–water partition coefficient (Wildman–Crippen LogP) is 3.22. The highest BCUT2D eigenvalue weighted by Crippen LogP contribution is 2.30. The van der Waals surface area contributed by atoms with Crippen LogP contribution in [-0.4, -0.2) is 28.7 Å². The van der Waals surface area contributed by atoms with Crippen molar-refractivity contribution in [3.8, 4) is 17.0 Å². The Labute approximate surface area is 160 Å². The lowest BCUT2D eigenvalue weighted by Crippen LogP contribution is -2.35. The summed E-state index contributed by atoms with van der Waals surface area (Å²) >= 11 is 0. The van der Waals surface area contributed by atoms with Gasteiger partial charge in [0.25, 0.3) is 0 Å². The molecule has 2 heterocycles. The lowest BCUT2D eigenvalue weighted by Gasteiger charge is -2.23. The number of nitrogens with zero attached hydrogens (tertiary/aromatic N) is 2. The normalized spacial score (nSPS) is 15.5. The minimum absolute atomic E-state index is 0.0379. The molecule has 28 heavy (non-hydrogen) atoms. The molecular weight excluding hydrogens is 363 g/mol. The molecule has 0 radical (unpaired) electrons. The second-order valence-corrected chi connectivity index (χ2v) is 6.35. The summed E-state index contributed by atoms with van der Waals surface area (Å²) in [6.07, 6.45) is -0.0379. The smallest absolute Gasteiger partial charge is 0.249 e. The van der Waals surface area contributed by atoms with Gasteiger partial charge in [0.15, 0.2) is 0 Å². The first-order valence-electron chi connectivity index (χ1n) is 8.64. The van der Waals surface area contributed by atoms with E-state index in [4.69, 9.17) is 4.74 Å². The van der Waals surface area contributed by atoms with Crippen molar-refractivity contribution in [2.45, 2.75) is 12.5 Å². The van der Waals surface area contributed by atoms with Gasteiger partial charge in [0, 0.05) is 17.3 Å². The zero-order valence-corrected chi connectivity index (χ0v) is 15.0. The number of methoxy groups -OCH3 is 1. The van der Waals surface area contributed by atoms with Crippen molar-refractivity contribution in [1.29, 1.82) is 0 Å². The predicted molar refractivity (Wildman–Crippen MR) is 102 cm³/mol. The monoisotopic (exact) mass is 380 g/mol. The molecule has 1 unspecified atom stereocenters. The van der Waals surface area contributed by atoms with E-state index in [1.807, 2.05) is 24.3 Å². The maximum atomic E-state index is 13.1. The number of amides is 2. The van der Waals surface area contributed by atoms with Crippen molar-refractivity contribution in [2.24, 2.45) is 0 Å². The Morgan fingerprint density at radius 2 is 1.93 bits per heavy atom. The number of rotatable bonds is 4. The second kappa shape index (κ2) is 7.15.